The summed E-state index contributed by atoms with van der Waals surface area (Å²) in [6.07, 6.45) is 2.29. The fraction of sp³-hybridized carbons (Fsp3) is 0.562. The van der Waals surface area contributed by atoms with E-state index < -0.39 is 16.0 Å². The highest BCUT2D eigenvalue weighted by molar-refractivity contribution is 7.89. The molecule has 1 saturated heterocycles. The quantitative estimate of drug-likeness (QED) is 0.772. The summed E-state index contributed by atoms with van der Waals surface area (Å²) in [7, 11) is -2.46. The predicted molar refractivity (Wildman–Crippen MR) is 92.8 cm³/mol. The lowest BCUT2D eigenvalue weighted by Gasteiger charge is -2.30. The van der Waals surface area contributed by atoms with Crippen molar-refractivity contribution < 1.29 is 17.9 Å². The van der Waals surface area contributed by atoms with Crippen molar-refractivity contribution in [2.24, 2.45) is 5.92 Å². The van der Waals surface area contributed by atoms with E-state index in [1.807, 2.05) is 0 Å². The molecule has 1 aromatic carbocycles. The Balaban J connectivity index is 1.96. The van der Waals surface area contributed by atoms with Crippen molar-refractivity contribution in [3.05, 3.63) is 28.8 Å². The molecule has 1 fully saturated rings. The molecule has 0 bridgehead atoms. The normalized spacial score (nSPS) is 17.0. The first kappa shape index (κ1) is 19.2. The van der Waals surface area contributed by atoms with Gasteiger partial charge in [0.25, 0.3) is 0 Å². The molecule has 6 nitrogen and oxygen atoms in total. The van der Waals surface area contributed by atoms with Crippen LogP contribution < -0.4 is 4.72 Å². The van der Waals surface area contributed by atoms with Crippen molar-refractivity contribution in [1.29, 1.82) is 0 Å². The minimum absolute atomic E-state index is 0.00260. The molecular weight excluding hydrogens is 352 g/mol. The first-order valence-corrected chi connectivity index (χ1v) is 9.79. The molecule has 1 aromatic rings. The molecule has 0 atom stereocenters. The number of nitrogens with zero attached hydrogens (tertiary/aromatic N) is 1. The Labute approximate surface area is 148 Å². The first-order chi connectivity index (χ1) is 11.3. The highest BCUT2D eigenvalue weighted by atomic mass is 35.5. The van der Waals surface area contributed by atoms with Crippen LogP contribution >= 0.6 is 11.6 Å². The average Bonchev–Trinajstić information content (AvgIpc) is 2.55. The van der Waals surface area contributed by atoms with Crippen molar-refractivity contribution in [3.63, 3.8) is 0 Å². The highest BCUT2D eigenvalue weighted by Crippen LogP contribution is 2.23. The number of piperidine rings is 1. The Morgan fingerprint density at radius 2 is 2.04 bits per heavy atom. The number of benzene rings is 1. The van der Waals surface area contributed by atoms with Crippen LogP contribution in [0.3, 0.4) is 0 Å². The topological polar surface area (TPSA) is 75.7 Å². The molecule has 1 N–H and O–H groups in total. The number of methoxy groups -OCH3 is 1. The molecule has 0 aliphatic carbocycles. The zero-order valence-electron chi connectivity index (χ0n) is 13.9. The fourth-order valence-electron chi connectivity index (χ4n) is 2.67. The zero-order chi connectivity index (χ0) is 17.7. The summed E-state index contributed by atoms with van der Waals surface area (Å²) < 4.78 is 31.9. The lowest BCUT2D eigenvalue weighted by molar-refractivity contribution is 0.0600. The largest absolute Gasteiger partial charge is 0.465 e. The van der Waals surface area contributed by atoms with Gasteiger partial charge in [-0.25, -0.2) is 17.9 Å². The maximum absolute atomic E-state index is 12.4. The average molecular weight is 375 g/mol. The summed E-state index contributed by atoms with van der Waals surface area (Å²) in [6.45, 7) is 5.23. The van der Waals surface area contributed by atoms with Crippen LogP contribution in [0.5, 0.6) is 0 Å². The van der Waals surface area contributed by atoms with Gasteiger partial charge in [0.2, 0.25) is 10.0 Å². The molecule has 134 valence electrons. The number of halogens is 1. The Hall–Kier alpha value is -1.15. The third-order valence-electron chi connectivity index (χ3n) is 4.24. The molecule has 1 heterocycles. The maximum atomic E-state index is 12.4. The van der Waals surface area contributed by atoms with E-state index >= 15 is 0 Å². The minimum atomic E-state index is -3.71. The van der Waals surface area contributed by atoms with E-state index in [1.165, 1.54) is 25.3 Å². The molecule has 1 aliphatic rings. The van der Waals surface area contributed by atoms with Crippen LogP contribution in [-0.4, -0.2) is 52.6 Å². The van der Waals surface area contributed by atoms with E-state index in [1.54, 1.807) is 0 Å². The van der Waals surface area contributed by atoms with Crippen molar-refractivity contribution in [2.45, 2.75) is 24.7 Å². The number of ether oxygens (including phenoxy) is 1. The molecule has 0 spiro atoms. The van der Waals surface area contributed by atoms with Gasteiger partial charge in [-0.1, -0.05) is 18.5 Å². The predicted octanol–water partition coefficient (Wildman–Crippen LogP) is 2.14. The van der Waals surface area contributed by atoms with Crippen LogP contribution in [0.2, 0.25) is 5.02 Å². The van der Waals surface area contributed by atoms with E-state index in [-0.39, 0.29) is 15.5 Å². The van der Waals surface area contributed by atoms with Crippen molar-refractivity contribution in [1.82, 2.24) is 9.62 Å². The second kappa shape index (κ2) is 8.29. The van der Waals surface area contributed by atoms with Crippen LogP contribution in [0.4, 0.5) is 0 Å². The molecular formula is C16H23ClN2O4S. The SMILES string of the molecule is COC(=O)c1ccc(S(=O)(=O)NCCN2CCC(C)CC2)c(Cl)c1. The van der Waals surface area contributed by atoms with E-state index in [2.05, 4.69) is 21.3 Å². The Kier molecular flexibility index (Phi) is 6.62. The van der Waals surface area contributed by atoms with Gasteiger partial charge in [-0.15, -0.1) is 0 Å². The standard InChI is InChI=1S/C16H23ClN2O4S/c1-12-5-8-19(9-6-12)10-7-18-24(21,22)15-4-3-13(11-14(15)17)16(20)23-2/h3-4,11-12,18H,5-10H2,1-2H3. The third kappa shape index (κ3) is 4.92. The minimum Gasteiger partial charge on any atom is -0.465 e. The van der Waals surface area contributed by atoms with Gasteiger partial charge >= 0.3 is 5.97 Å². The Bertz CT molecular complexity index is 685. The highest BCUT2D eigenvalue weighted by Gasteiger charge is 2.20. The number of carbonyl (C=O) groups excluding carboxylic acids is 1. The summed E-state index contributed by atoms with van der Waals surface area (Å²) in [4.78, 5) is 13.7. The number of esters is 1. The maximum Gasteiger partial charge on any atom is 0.337 e. The zero-order valence-corrected chi connectivity index (χ0v) is 15.5. The van der Waals surface area contributed by atoms with Crippen LogP contribution in [0.1, 0.15) is 30.1 Å². The van der Waals surface area contributed by atoms with E-state index in [4.69, 9.17) is 11.6 Å². The van der Waals surface area contributed by atoms with Gasteiger partial charge in [0.15, 0.2) is 0 Å². The monoisotopic (exact) mass is 374 g/mol. The van der Waals surface area contributed by atoms with Crippen LogP contribution in [-0.2, 0) is 14.8 Å². The van der Waals surface area contributed by atoms with E-state index in [0.29, 0.717) is 13.1 Å². The van der Waals surface area contributed by atoms with Crippen LogP contribution in [0, 0.1) is 5.92 Å². The lowest BCUT2D eigenvalue weighted by atomic mass is 9.99. The number of sulfonamides is 1. The number of likely N-dealkylation sites (tertiary alicyclic amines) is 1. The van der Waals surface area contributed by atoms with Gasteiger partial charge < -0.3 is 9.64 Å². The van der Waals surface area contributed by atoms with Crippen molar-refractivity contribution >= 4 is 27.6 Å². The molecule has 0 aromatic heterocycles. The van der Waals surface area contributed by atoms with Gasteiger partial charge in [0, 0.05) is 13.1 Å². The van der Waals surface area contributed by atoms with Gasteiger partial charge in [-0.3, -0.25) is 0 Å². The summed E-state index contributed by atoms with van der Waals surface area (Å²) in [6, 6.07) is 4.01. The number of nitrogens with one attached hydrogen (secondary N) is 1. The summed E-state index contributed by atoms with van der Waals surface area (Å²) in [5, 5.41) is -0.00260. The first-order valence-electron chi connectivity index (χ1n) is 7.93. The number of hydrogen-bond acceptors (Lipinski definition) is 5. The van der Waals surface area contributed by atoms with E-state index in [9.17, 15) is 13.2 Å². The van der Waals surface area contributed by atoms with Gasteiger partial charge in [-0.05, 0) is 50.0 Å². The molecule has 24 heavy (non-hydrogen) atoms. The summed E-state index contributed by atoms with van der Waals surface area (Å²) in [5.74, 6) is 0.179. The fourth-order valence-corrected chi connectivity index (χ4v) is 4.23. The number of carbonyl (C=O) groups is 1. The third-order valence-corrected chi connectivity index (χ3v) is 6.18. The second-order valence-electron chi connectivity index (χ2n) is 6.06. The molecule has 0 amide bonds. The number of rotatable bonds is 6. The second-order valence-corrected chi connectivity index (χ2v) is 8.20. The molecule has 0 saturated carbocycles. The van der Waals surface area contributed by atoms with Gasteiger partial charge in [-0.2, -0.15) is 0 Å². The molecule has 2 rings (SSSR count). The lowest BCUT2D eigenvalue weighted by Crippen LogP contribution is -2.39. The van der Waals surface area contributed by atoms with Gasteiger partial charge in [0.1, 0.15) is 4.90 Å². The molecule has 8 heteroatoms. The Morgan fingerprint density at radius 3 is 2.62 bits per heavy atom. The molecule has 1 aliphatic heterocycles. The molecule has 0 radical (unpaired) electrons. The Morgan fingerprint density at radius 1 is 1.38 bits per heavy atom. The summed E-state index contributed by atoms with van der Waals surface area (Å²) >= 11 is 6.02. The molecule has 0 unspecified atom stereocenters. The van der Waals surface area contributed by atoms with Gasteiger partial charge in [0.05, 0.1) is 17.7 Å². The van der Waals surface area contributed by atoms with Crippen LogP contribution in [0.15, 0.2) is 23.1 Å². The van der Waals surface area contributed by atoms with Crippen molar-refractivity contribution in [3.8, 4) is 0 Å². The van der Waals surface area contributed by atoms with E-state index in [0.717, 1.165) is 31.8 Å². The number of hydrogen-bond donors (Lipinski definition) is 1. The van der Waals surface area contributed by atoms with Crippen molar-refractivity contribution in [2.75, 3.05) is 33.3 Å². The summed E-state index contributed by atoms with van der Waals surface area (Å²) in [5.41, 5.74) is 0.212. The smallest absolute Gasteiger partial charge is 0.337 e. The van der Waals surface area contributed by atoms with Crippen LogP contribution in [0.25, 0.3) is 0 Å².